The van der Waals surface area contributed by atoms with E-state index in [1.54, 1.807) is 6.20 Å². The summed E-state index contributed by atoms with van der Waals surface area (Å²) in [4.78, 5) is 4.24. The Morgan fingerprint density at radius 1 is 1.17 bits per heavy atom. The van der Waals surface area contributed by atoms with Gasteiger partial charge in [-0.15, -0.1) is 0 Å². The minimum atomic E-state index is 0.0325. The number of hydrogen-bond acceptors (Lipinski definition) is 3. The minimum absolute atomic E-state index is 0.0325. The number of pyridine rings is 1. The fraction of sp³-hybridized carbons (Fsp3) is 0.667. The lowest BCUT2D eigenvalue weighted by Gasteiger charge is -2.07. The lowest BCUT2D eigenvalue weighted by atomic mass is 10.1. The van der Waals surface area contributed by atoms with E-state index in [1.165, 1.54) is 32.1 Å². The molecule has 0 amide bonds. The van der Waals surface area contributed by atoms with Crippen LogP contribution < -0.4 is 10.5 Å². The third-order valence-electron chi connectivity index (χ3n) is 3.03. The Morgan fingerprint density at radius 2 is 1.89 bits per heavy atom. The summed E-state index contributed by atoms with van der Waals surface area (Å²) < 4.78 is 5.60. The first-order chi connectivity index (χ1) is 8.74. The third kappa shape index (κ3) is 6.01. The van der Waals surface area contributed by atoms with E-state index in [9.17, 15) is 0 Å². The van der Waals surface area contributed by atoms with E-state index < -0.39 is 0 Å². The van der Waals surface area contributed by atoms with Crippen LogP contribution in [-0.2, 0) is 0 Å². The first-order valence-electron chi connectivity index (χ1n) is 7.08. The highest BCUT2D eigenvalue weighted by Gasteiger charge is 2.00. The number of nitrogens with zero attached hydrogens (tertiary/aromatic N) is 1. The molecule has 0 aliphatic carbocycles. The smallest absolute Gasteiger partial charge is 0.213 e. The molecule has 0 saturated heterocycles. The van der Waals surface area contributed by atoms with E-state index in [1.807, 2.05) is 19.1 Å². The maximum Gasteiger partial charge on any atom is 0.213 e. The van der Waals surface area contributed by atoms with E-state index in [2.05, 4.69) is 11.9 Å². The van der Waals surface area contributed by atoms with Crippen molar-refractivity contribution in [1.82, 2.24) is 4.98 Å². The van der Waals surface area contributed by atoms with E-state index in [0.717, 1.165) is 18.6 Å². The molecule has 1 heterocycles. The highest BCUT2D eigenvalue weighted by molar-refractivity contribution is 5.19. The van der Waals surface area contributed by atoms with Crippen LogP contribution in [0.3, 0.4) is 0 Å². The SMILES string of the molecule is CCCCCCCCOc1ccc([C@H](C)N)cn1. The van der Waals surface area contributed by atoms with Crippen LogP contribution in [0.5, 0.6) is 5.88 Å². The van der Waals surface area contributed by atoms with Gasteiger partial charge in [-0.3, -0.25) is 0 Å². The van der Waals surface area contributed by atoms with Crippen molar-refractivity contribution < 1.29 is 4.74 Å². The van der Waals surface area contributed by atoms with Crippen LogP contribution in [-0.4, -0.2) is 11.6 Å². The van der Waals surface area contributed by atoms with Gasteiger partial charge in [0.05, 0.1) is 6.61 Å². The van der Waals surface area contributed by atoms with Crippen molar-refractivity contribution in [3.63, 3.8) is 0 Å². The molecule has 1 aromatic rings. The Bertz CT molecular complexity index is 309. The van der Waals surface area contributed by atoms with Crippen molar-refractivity contribution in [2.75, 3.05) is 6.61 Å². The standard InChI is InChI=1S/C15H26N2O/c1-3-4-5-6-7-8-11-18-15-10-9-14(12-17-15)13(2)16/h9-10,12-13H,3-8,11,16H2,1-2H3/t13-/m0/s1. The Labute approximate surface area is 111 Å². The molecule has 0 unspecified atom stereocenters. The van der Waals surface area contributed by atoms with Crippen LogP contribution in [0.2, 0.25) is 0 Å². The molecule has 1 aromatic heterocycles. The molecular weight excluding hydrogens is 224 g/mol. The van der Waals surface area contributed by atoms with E-state index >= 15 is 0 Å². The summed E-state index contributed by atoms with van der Waals surface area (Å²) in [5.74, 6) is 0.702. The molecule has 0 saturated carbocycles. The number of rotatable bonds is 9. The molecule has 3 nitrogen and oxygen atoms in total. The highest BCUT2D eigenvalue weighted by Crippen LogP contribution is 2.13. The van der Waals surface area contributed by atoms with Crippen LogP contribution in [0.1, 0.15) is 64.0 Å². The average Bonchev–Trinajstić information content (AvgIpc) is 2.38. The summed E-state index contributed by atoms with van der Waals surface area (Å²) in [6.45, 7) is 4.95. The van der Waals surface area contributed by atoms with Crippen molar-refractivity contribution in [3.05, 3.63) is 23.9 Å². The number of ether oxygens (including phenoxy) is 1. The second-order valence-corrected chi connectivity index (χ2v) is 4.83. The van der Waals surface area contributed by atoms with Gasteiger partial charge in [0, 0.05) is 18.3 Å². The predicted octanol–water partition coefficient (Wildman–Crippen LogP) is 3.84. The zero-order chi connectivity index (χ0) is 13.2. The van der Waals surface area contributed by atoms with Gasteiger partial charge in [-0.1, -0.05) is 45.1 Å². The molecule has 0 radical (unpaired) electrons. The molecule has 1 rings (SSSR count). The van der Waals surface area contributed by atoms with Crippen molar-refractivity contribution in [2.24, 2.45) is 5.73 Å². The largest absolute Gasteiger partial charge is 0.478 e. The van der Waals surface area contributed by atoms with Gasteiger partial charge in [0.15, 0.2) is 0 Å². The van der Waals surface area contributed by atoms with Gasteiger partial charge >= 0.3 is 0 Å². The number of unbranched alkanes of at least 4 members (excludes halogenated alkanes) is 5. The maximum atomic E-state index is 5.76. The Kier molecular flexibility index (Phi) is 7.42. The molecule has 2 N–H and O–H groups in total. The van der Waals surface area contributed by atoms with Crippen molar-refractivity contribution in [3.8, 4) is 5.88 Å². The van der Waals surface area contributed by atoms with Gasteiger partial charge < -0.3 is 10.5 Å². The zero-order valence-electron chi connectivity index (χ0n) is 11.7. The van der Waals surface area contributed by atoms with Gasteiger partial charge in [-0.25, -0.2) is 4.98 Å². The Morgan fingerprint density at radius 3 is 2.50 bits per heavy atom. The molecule has 0 fully saturated rings. The molecular formula is C15H26N2O. The second-order valence-electron chi connectivity index (χ2n) is 4.83. The fourth-order valence-corrected chi connectivity index (χ4v) is 1.81. The van der Waals surface area contributed by atoms with E-state index in [-0.39, 0.29) is 6.04 Å². The van der Waals surface area contributed by atoms with Crippen molar-refractivity contribution >= 4 is 0 Å². The first-order valence-corrected chi connectivity index (χ1v) is 7.08. The summed E-state index contributed by atoms with van der Waals surface area (Å²) in [6.07, 6.45) is 9.46. The molecule has 18 heavy (non-hydrogen) atoms. The summed E-state index contributed by atoms with van der Waals surface area (Å²) in [5, 5.41) is 0. The highest BCUT2D eigenvalue weighted by atomic mass is 16.5. The normalized spacial score (nSPS) is 12.4. The van der Waals surface area contributed by atoms with Gasteiger partial charge in [0.1, 0.15) is 0 Å². The molecule has 3 heteroatoms. The van der Waals surface area contributed by atoms with Crippen LogP contribution >= 0.6 is 0 Å². The van der Waals surface area contributed by atoms with E-state index in [0.29, 0.717) is 5.88 Å². The van der Waals surface area contributed by atoms with E-state index in [4.69, 9.17) is 10.5 Å². The quantitative estimate of drug-likeness (QED) is 0.677. The summed E-state index contributed by atoms with van der Waals surface area (Å²) in [6, 6.07) is 3.91. The van der Waals surface area contributed by atoms with Crippen molar-refractivity contribution in [2.45, 2.75) is 58.4 Å². The summed E-state index contributed by atoms with van der Waals surface area (Å²) >= 11 is 0. The molecule has 1 atom stereocenters. The van der Waals surface area contributed by atoms with Gasteiger partial charge in [0.25, 0.3) is 0 Å². The fourth-order valence-electron chi connectivity index (χ4n) is 1.81. The van der Waals surface area contributed by atoms with Crippen LogP contribution in [0, 0.1) is 0 Å². The van der Waals surface area contributed by atoms with Gasteiger partial charge in [0.2, 0.25) is 5.88 Å². The minimum Gasteiger partial charge on any atom is -0.478 e. The van der Waals surface area contributed by atoms with Gasteiger partial charge in [-0.05, 0) is 18.9 Å². The molecule has 0 bridgehead atoms. The molecule has 0 aromatic carbocycles. The third-order valence-corrected chi connectivity index (χ3v) is 3.03. The molecule has 0 spiro atoms. The predicted molar refractivity (Wildman–Crippen MR) is 75.7 cm³/mol. The number of hydrogen-bond donors (Lipinski definition) is 1. The number of aromatic nitrogens is 1. The lowest BCUT2D eigenvalue weighted by molar-refractivity contribution is 0.293. The zero-order valence-corrected chi connectivity index (χ0v) is 11.7. The van der Waals surface area contributed by atoms with Crippen LogP contribution in [0.4, 0.5) is 0 Å². The summed E-state index contributed by atoms with van der Waals surface area (Å²) in [5.41, 5.74) is 6.81. The molecule has 102 valence electrons. The first kappa shape index (κ1) is 15.0. The molecule has 0 aliphatic heterocycles. The second kappa shape index (κ2) is 8.92. The average molecular weight is 250 g/mol. The summed E-state index contributed by atoms with van der Waals surface area (Å²) in [7, 11) is 0. The van der Waals surface area contributed by atoms with Crippen LogP contribution in [0.15, 0.2) is 18.3 Å². The van der Waals surface area contributed by atoms with Crippen molar-refractivity contribution in [1.29, 1.82) is 0 Å². The lowest BCUT2D eigenvalue weighted by Crippen LogP contribution is -2.06. The topological polar surface area (TPSA) is 48.1 Å². The van der Waals surface area contributed by atoms with Crippen LogP contribution in [0.25, 0.3) is 0 Å². The Hall–Kier alpha value is -1.09. The monoisotopic (exact) mass is 250 g/mol. The maximum absolute atomic E-state index is 5.76. The van der Waals surface area contributed by atoms with Gasteiger partial charge in [-0.2, -0.15) is 0 Å². The number of nitrogens with two attached hydrogens (primary N) is 1. The molecule has 0 aliphatic rings. The Balaban J connectivity index is 2.12.